The molecule has 0 unspecified atom stereocenters. The molecule has 176 valence electrons. The van der Waals surface area contributed by atoms with E-state index in [9.17, 15) is 9.59 Å². The molecule has 0 bridgehead atoms. The molecule has 0 aliphatic carbocycles. The number of aliphatic imine (C=N–C) groups is 1. The molecule has 2 aromatic rings. The second-order valence-corrected chi connectivity index (χ2v) is 10.1. The van der Waals surface area contributed by atoms with Gasteiger partial charge in [0.05, 0.1) is 21.4 Å². The van der Waals surface area contributed by atoms with Crippen molar-refractivity contribution in [2.24, 2.45) is 10.9 Å². The van der Waals surface area contributed by atoms with Crippen LogP contribution in [0.5, 0.6) is 5.75 Å². The standard InChI is InChI=1S/C24H31N5O3S/c1-16(2)7-8-29-9-10-32-19-6-5-17(11-18(19)29)12-20-23(31)28-22(33-20)13-21(30)24(3,4)27-15-26-14-25/h5-6,11-16H,7-10H2,1-4H3,(H,28,31)(H2,25,26,27)/p+1/b20-12-,22-13+. The van der Waals surface area contributed by atoms with E-state index in [0.29, 0.717) is 21.7 Å². The number of aromatic amines is 1. The van der Waals surface area contributed by atoms with Crippen molar-refractivity contribution in [3.05, 3.63) is 43.3 Å². The van der Waals surface area contributed by atoms with Crippen LogP contribution < -0.4 is 29.7 Å². The number of nitrogens with zero attached hydrogens (tertiary/aromatic N) is 2. The van der Waals surface area contributed by atoms with E-state index >= 15 is 0 Å². The van der Waals surface area contributed by atoms with E-state index in [-0.39, 0.29) is 11.3 Å². The third kappa shape index (κ3) is 6.49. The Kier molecular flexibility index (Phi) is 7.99. The van der Waals surface area contributed by atoms with E-state index in [4.69, 9.17) is 10.1 Å². The van der Waals surface area contributed by atoms with Crippen LogP contribution in [-0.4, -0.2) is 48.7 Å². The average Bonchev–Trinajstić information content (AvgIpc) is 3.10. The number of nitrogens with two attached hydrogens (primary N) is 1. The number of hydrogen-bond donors (Lipinski definition) is 3. The average molecular weight is 471 g/mol. The number of quaternary nitrogens is 1. The molecular formula is C24H32N5O3S+. The van der Waals surface area contributed by atoms with E-state index < -0.39 is 5.54 Å². The zero-order valence-corrected chi connectivity index (χ0v) is 20.4. The zero-order valence-electron chi connectivity index (χ0n) is 19.6. The molecule has 1 aromatic carbocycles. The number of carbonyl (C=O) groups excluding carboxylic acids is 1. The highest BCUT2D eigenvalue weighted by Crippen LogP contribution is 2.33. The Morgan fingerprint density at radius 3 is 2.94 bits per heavy atom. The number of thiazole rings is 1. The van der Waals surface area contributed by atoms with E-state index in [1.54, 1.807) is 19.2 Å². The molecule has 0 amide bonds. The molecule has 0 saturated carbocycles. The normalized spacial score (nSPS) is 15.2. The number of ketones is 1. The maximum Gasteiger partial charge on any atom is 0.266 e. The molecule has 0 spiro atoms. The van der Waals surface area contributed by atoms with Gasteiger partial charge < -0.3 is 14.6 Å². The lowest BCUT2D eigenvalue weighted by atomic mass is 10.00. The summed E-state index contributed by atoms with van der Waals surface area (Å²) in [6.45, 7) is 10.5. The maximum atomic E-state index is 12.7. The van der Waals surface area contributed by atoms with Gasteiger partial charge in [-0.1, -0.05) is 19.9 Å². The van der Waals surface area contributed by atoms with Crippen LogP contribution in [0.15, 0.2) is 28.0 Å². The number of benzene rings is 1. The van der Waals surface area contributed by atoms with Crippen LogP contribution >= 0.6 is 11.3 Å². The minimum absolute atomic E-state index is 0.158. The summed E-state index contributed by atoms with van der Waals surface area (Å²) in [6, 6.07) is 5.96. The Balaban J connectivity index is 1.88. The van der Waals surface area contributed by atoms with E-state index in [0.717, 1.165) is 42.8 Å². The summed E-state index contributed by atoms with van der Waals surface area (Å²) in [5, 5.41) is 8.56. The lowest BCUT2D eigenvalue weighted by molar-refractivity contribution is -0.591. The van der Waals surface area contributed by atoms with Gasteiger partial charge in [-0.3, -0.25) is 20.3 Å². The second kappa shape index (κ2) is 10.7. The number of nitrogens with one attached hydrogen (secondary N) is 2. The Morgan fingerprint density at radius 1 is 1.42 bits per heavy atom. The summed E-state index contributed by atoms with van der Waals surface area (Å²) in [6.07, 6.45) is 6.74. The number of fused-ring (bicyclic) bond motifs is 1. The molecular weight excluding hydrogens is 438 g/mol. The van der Waals surface area contributed by atoms with Gasteiger partial charge >= 0.3 is 0 Å². The quantitative estimate of drug-likeness (QED) is 0.372. The number of aromatic nitrogens is 1. The summed E-state index contributed by atoms with van der Waals surface area (Å²) in [5.74, 6) is 1.33. The molecule has 0 radical (unpaired) electrons. The molecule has 3 rings (SSSR count). The van der Waals surface area contributed by atoms with E-state index in [2.05, 4.69) is 34.8 Å². The lowest BCUT2D eigenvalue weighted by Gasteiger charge is -2.32. The number of ether oxygens (including phenoxy) is 1. The summed E-state index contributed by atoms with van der Waals surface area (Å²) in [5.41, 5.74) is 0.941. The molecule has 1 aliphatic rings. The minimum Gasteiger partial charge on any atom is -0.490 e. The van der Waals surface area contributed by atoms with Crippen molar-refractivity contribution in [1.29, 1.82) is 5.41 Å². The highest BCUT2D eigenvalue weighted by Gasteiger charge is 2.28. The molecule has 33 heavy (non-hydrogen) atoms. The number of rotatable bonds is 9. The minimum atomic E-state index is -0.796. The van der Waals surface area contributed by atoms with Gasteiger partial charge in [0.2, 0.25) is 5.78 Å². The van der Waals surface area contributed by atoms with Crippen molar-refractivity contribution in [3.8, 4) is 5.75 Å². The largest absolute Gasteiger partial charge is 0.490 e. The predicted molar refractivity (Wildman–Crippen MR) is 134 cm³/mol. The topological polar surface area (TPSA) is 115 Å². The number of Topliss-reactive ketones (excluding diaryl/α,β-unsaturated/α-hetero) is 1. The molecule has 4 N–H and O–H groups in total. The first kappa shape index (κ1) is 24.6. The molecule has 8 nitrogen and oxygen atoms in total. The number of hydrogen-bond acceptors (Lipinski definition) is 6. The van der Waals surface area contributed by atoms with Crippen LogP contribution in [0.3, 0.4) is 0 Å². The number of anilines is 1. The smallest absolute Gasteiger partial charge is 0.266 e. The van der Waals surface area contributed by atoms with Gasteiger partial charge in [0.1, 0.15) is 18.7 Å². The van der Waals surface area contributed by atoms with Crippen LogP contribution in [0.1, 0.15) is 39.7 Å². The second-order valence-electron chi connectivity index (χ2n) is 9.00. The fourth-order valence-corrected chi connectivity index (χ4v) is 4.25. The SMILES string of the molecule is CC(C)CCN1CCOc2ccc(/C=c3\s/c(=C/C(=O)C(C)(C)[NH2+]C=NC=N)[nH]c3=O)cc21. The summed E-state index contributed by atoms with van der Waals surface area (Å²) in [4.78, 5) is 34.0. The monoisotopic (exact) mass is 470 g/mol. The Bertz CT molecular complexity index is 1210. The summed E-state index contributed by atoms with van der Waals surface area (Å²) in [7, 11) is 0. The third-order valence-electron chi connectivity index (χ3n) is 5.45. The van der Waals surface area contributed by atoms with Gasteiger partial charge in [-0.15, -0.1) is 11.3 Å². The predicted octanol–water partition coefficient (Wildman–Crippen LogP) is 0.837. The summed E-state index contributed by atoms with van der Waals surface area (Å²) < 4.78 is 6.85. The van der Waals surface area contributed by atoms with Crippen molar-refractivity contribution < 1.29 is 14.8 Å². The summed E-state index contributed by atoms with van der Waals surface area (Å²) >= 11 is 1.25. The van der Waals surface area contributed by atoms with Gasteiger partial charge in [-0.05, 0) is 50.0 Å². The van der Waals surface area contributed by atoms with Crippen LogP contribution in [0.2, 0.25) is 0 Å². The Labute approximate surface area is 197 Å². The van der Waals surface area contributed by atoms with Gasteiger partial charge in [0, 0.05) is 12.6 Å². The van der Waals surface area contributed by atoms with Crippen LogP contribution in [0.4, 0.5) is 5.69 Å². The number of carbonyl (C=O) groups is 1. The van der Waals surface area contributed by atoms with Crippen molar-refractivity contribution >= 4 is 47.6 Å². The van der Waals surface area contributed by atoms with Gasteiger partial charge in [-0.25, -0.2) is 0 Å². The van der Waals surface area contributed by atoms with Crippen LogP contribution in [0, 0.1) is 11.3 Å². The third-order valence-corrected chi connectivity index (χ3v) is 6.41. The zero-order chi connectivity index (χ0) is 24.0. The van der Waals surface area contributed by atoms with E-state index in [1.807, 2.05) is 18.2 Å². The van der Waals surface area contributed by atoms with Crippen molar-refractivity contribution in [2.45, 2.75) is 39.7 Å². The molecule has 0 atom stereocenters. The van der Waals surface area contributed by atoms with Gasteiger partial charge in [-0.2, -0.15) is 4.99 Å². The fraction of sp³-hybridized carbons (Fsp3) is 0.417. The van der Waals surface area contributed by atoms with Crippen molar-refractivity contribution in [2.75, 3.05) is 24.6 Å². The molecule has 1 aliphatic heterocycles. The fourth-order valence-electron chi connectivity index (χ4n) is 3.36. The van der Waals surface area contributed by atoms with Crippen molar-refractivity contribution in [1.82, 2.24) is 4.98 Å². The van der Waals surface area contributed by atoms with E-state index in [1.165, 1.54) is 23.8 Å². The molecule has 1 aromatic heterocycles. The lowest BCUT2D eigenvalue weighted by Crippen LogP contribution is -2.96. The highest BCUT2D eigenvalue weighted by atomic mass is 32.1. The first-order chi connectivity index (χ1) is 15.7. The van der Waals surface area contributed by atoms with Gasteiger partial charge in [0.15, 0.2) is 11.9 Å². The first-order valence-corrected chi connectivity index (χ1v) is 11.9. The Hall–Kier alpha value is -3.04. The molecule has 0 saturated heterocycles. The van der Waals surface area contributed by atoms with Gasteiger partial charge in [0.25, 0.3) is 5.56 Å². The first-order valence-electron chi connectivity index (χ1n) is 11.0. The molecule has 0 fully saturated rings. The Morgan fingerprint density at radius 2 is 2.21 bits per heavy atom. The molecule has 2 heterocycles. The maximum absolute atomic E-state index is 12.7. The van der Waals surface area contributed by atoms with Crippen LogP contribution in [-0.2, 0) is 4.79 Å². The van der Waals surface area contributed by atoms with Crippen LogP contribution in [0.25, 0.3) is 12.2 Å². The number of H-pyrrole nitrogens is 1. The van der Waals surface area contributed by atoms with Crippen molar-refractivity contribution in [3.63, 3.8) is 0 Å². The molecule has 9 heteroatoms. The highest BCUT2D eigenvalue weighted by molar-refractivity contribution is 7.07.